The van der Waals surface area contributed by atoms with Gasteiger partial charge in [0.05, 0.1) is 23.5 Å². The van der Waals surface area contributed by atoms with Crippen LogP contribution in [0.1, 0.15) is 30.1 Å². The van der Waals surface area contributed by atoms with Crippen LogP contribution in [0.4, 0.5) is 0 Å². The van der Waals surface area contributed by atoms with Crippen LogP contribution in [-0.2, 0) is 16.1 Å². The lowest BCUT2D eigenvalue weighted by Gasteiger charge is -2.16. The summed E-state index contributed by atoms with van der Waals surface area (Å²) in [7, 11) is 0. The topological polar surface area (TPSA) is 76.0 Å². The maximum absolute atomic E-state index is 12.3. The van der Waals surface area contributed by atoms with Crippen molar-refractivity contribution < 1.29 is 9.59 Å². The summed E-state index contributed by atoms with van der Waals surface area (Å²) in [6.45, 7) is 4.59. The van der Waals surface area contributed by atoms with Gasteiger partial charge in [-0.15, -0.1) is 11.3 Å². The van der Waals surface area contributed by atoms with Crippen molar-refractivity contribution in [3.63, 3.8) is 0 Å². The summed E-state index contributed by atoms with van der Waals surface area (Å²) in [5.74, 6) is 0.700. The van der Waals surface area contributed by atoms with Gasteiger partial charge >= 0.3 is 0 Å². The highest BCUT2D eigenvalue weighted by Gasteiger charge is 2.18. The predicted molar refractivity (Wildman–Crippen MR) is 103 cm³/mol. The standard InChI is InChI=1S/C19H22N4O2S/c1-13-21-15-6-3-4-7-17(15)23(13)10-9-20-19(25)12-16(22-14(2)24)18-8-5-11-26-18/h3-8,11,16H,9-10,12H2,1-2H3,(H,20,25)(H,22,24)/t16-/m0/s1. The Kier molecular flexibility index (Phi) is 5.68. The Hall–Kier alpha value is -2.67. The summed E-state index contributed by atoms with van der Waals surface area (Å²) in [5.41, 5.74) is 2.02. The van der Waals surface area contributed by atoms with Gasteiger partial charge in [-0.3, -0.25) is 9.59 Å². The van der Waals surface area contributed by atoms with Gasteiger partial charge in [-0.25, -0.2) is 4.98 Å². The molecule has 2 aromatic heterocycles. The van der Waals surface area contributed by atoms with Crippen LogP contribution >= 0.6 is 11.3 Å². The monoisotopic (exact) mass is 370 g/mol. The van der Waals surface area contributed by atoms with Gasteiger partial charge in [-0.1, -0.05) is 18.2 Å². The van der Waals surface area contributed by atoms with Crippen molar-refractivity contribution >= 4 is 34.2 Å². The fourth-order valence-electron chi connectivity index (χ4n) is 3.00. The molecule has 0 unspecified atom stereocenters. The Bertz CT molecular complexity index is 902. The third kappa shape index (κ3) is 4.29. The van der Waals surface area contributed by atoms with Crippen LogP contribution in [0, 0.1) is 6.92 Å². The van der Waals surface area contributed by atoms with E-state index in [1.54, 1.807) is 0 Å². The van der Waals surface area contributed by atoms with Crippen LogP contribution in [0.15, 0.2) is 41.8 Å². The van der Waals surface area contributed by atoms with E-state index < -0.39 is 0 Å². The van der Waals surface area contributed by atoms with Crippen LogP contribution in [0.3, 0.4) is 0 Å². The van der Waals surface area contributed by atoms with Crippen LogP contribution in [0.25, 0.3) is 11.0 Å². The number of nitrogens with zero attached hydrogens (tertiary/aromatic N) is 2. The second-order valence-electron chi connectivity index (χ2n) is 6.12. The number of aromatic nitrogens is 2. The number of aryl methyl sites for hydroxylation is 1. The molecule has 0 saturated heterocycles. The fraction of sp³-hybridized carbons (Fsp3) is 0.316. The summed E-state index contributed by atoms with van der Waals surface area (Å²) in [5, 5.41) is 7.73. The van der Waals surface area contributed by atoms with Gasteiger partial charge < -0.3 is 15.2 Å². The number of hydrogen-bond donors (Lipinski definition) is 2. The van der Waals surface area contributed by atoms with E-state index in [0.29, 0.717) is 13.1 Å². The Morgan fingerprint density at radius 2 is 2.04 bits per heavy atom. The molecule has 6 nitrogen and oxygen atoms in total. The minimum atomic E-state index is -0.289. The number of thiophene rings is 1. The Morgan fingerprint density at radius 3 is 2.77 bits per heavy atom. The molecule has 0 saturated carbocycles. The van der Waals surface area contributed by atoms with Crippen LogP contribution in [-0.4, -0.2) is 27.9 Å². The van der Waals surface area contributed by atoms with E-state index in [-0.39, 0.29) is 24.3 Å². The molecule has 3 aromatic rings. The molecule has 2 amide bonds. The second kappa shape index (κ2) is 8.14. The first kappa shape index (κ1) is 18.1. The Labute approximate surface area is 156 Å². The highest BCUT2D eigenvalue weighted by atomic mass is 32.1. The Balaban J connectivity index is 1.58. The second-order valence-corrected chi connectivity index (χ2v) is 7.10. The molecular weight excluding hydrogens is 348 g/mol. The van der Waals surface area contributed by atoms with E-state index in [1.807, 2.05) is 48.7 Å². The van der Waals surface area contributed by atoms with Gasteiger partial charge in [-0.05, 0) is 30.5 Å². The van der Waals surface area contributed by atoms with Crippen molar-refractivity contribution in [2.24, 2.45) is 0 Å². The number of imidazole rings is 1. The third-order valence-electron chi connectivity index (χ3n) is 4.16. The third-order valence-corrected chi connectivity index (χ3v) is 5.14. The highest BCUT2D eigenvalue weighted by Crippen LogP contribution is 2.22. The molecule has 7 heteroatoms. The zero-order chi connectivity index (χ0) is 18.5. The lowest BCUT2D eigenvalue weighted by Crippen LogP contribution is -2.33. The van der Waals surface area contributed by atoms with Crippen molar-refractivity contribution in [2.45, 2.75) is 32.9 Å². The molecule has 136 valence electrons. The maximum Gasteiger partial charge on any atom is 0.222 e. The van der Waals surface area contributed by atoms with E-state index in [4.69, 9.17) is 0 Å². The lowest BCUT2D eigenvalue weighted by atomic mass is 10.1. The molecule has 0 aliphatic heterocycles. The lowest BCUT2D eigenvalue weighted by molar-refractivity contribution is -0.122. The van der Waals surface area contributed by atoms with Gasteiger partial charge in [0.25, 0.3) is 0 Å². The normalized spacial score (nSPS) is 12.1. The summed E-state index contributed by atoms with van der Waals surface area (Å²) < 4.78 is 2.10. The number of amides is 2. The van der Waals surface area contributed by atoms with Gasteiger partial charge in [0.1, 0.15) is 5.82 Å². The number of rotatable bonds is 7. The van der Waals surface area contributed by atoms with Crippen molar-refractivity contribution in [3.05, 3.63) is 52.5 Å². The number of carbonyl (C=O) groups excluding carboxylic acids is 2. The molecule has 2 heterocycles. The SMILES string of the molecule is CC(=O)N[C@@H](CC(=O)NCCn1c(C)nc2ccccc21)c1cccs1. The summed E-state index contributed by atoms with van der Waals surface area (Å²) in [6.07, 6.45) is 0.226. The summed E-state index contributed by atoms with van der Waals surface area (Å²) in [6, 6.07) is 11.5. The van der Waals surface area contributed by atoms with Crippen molar-refractivity contribution in [2.75, 3.05) is 6.54 Å². The van der Waals surface area contributed by atoms with E-state index >= 15 is 0 Å². The zero-order valence-corrected chi connectivity index (χ0v) is 15.7. The maximum atomic E-state index is 12.3. The van der Waals surface area contributed by atoms with Crippen molar-refractivity contribution in [3.8, 4) is 0 Å². The molecule has 2 N–H and O–H groups in total. The van der Waals surface area contributed by atoms with Crippen LogP contribution in [0.5, 0.6) is 0 Å². The first-order chi connectivity index (χ1) is 12.5. The average Bonchev–Trinajstić information content (AvgIpc) is 3.22. The number of carbonyl (C=O) groups is 2. The van der Waals surface area contributed by atoms with E-state index in [9.17, 15) is 9.59 Å². The molecule has 1 aromatic carbocycles. The molecule has 1 atom stereocenters. The Morgan fingerprint density at radius 1 is 1.23 bits per heavy atom. The number of nitrogens with one attached hydrogen (secondary N) is 2. The highest BCUT2D eigenvalue weighted by molar-refractivity contribution is 7.10. The predicted octanol–water partition coefficient (Wildman–Crippen LogP) is 2.79. The quantitative estimate of drug-likeness (QED) is 0.671. The molecule has 0 aliphatic carbocycles. The van der Waals surface area contributed by atoms with Gasteiger partial charge in [0, 0.05) is 24.9 Å². The van der Waals surface area contributed by atoms with Gasteiger partial charge in [0.2, 0.25) is 11.8 Å². The molecule has 0 spiro atoms. The molecule has 0 aliphatic rings. The van der Waals surface area contributed by atoms with Gasteiger partial charge in [0.15, 0.2) is 0 Å². The van der Waals surface area contributed by atoms with Crippen molar-refractivity contribution in [1.29, 1.82) is 0 Å². The molecule has 0 bridgehead atoms. The largest absolute Gasteiger partial charge is 0.354 e. The summed E-state index contributed by atoms with van der Waals surface area (Å²) in [4.78, 5) is 29.2. The molecule has 0 radical (unpaired) electrons. The number of hydrogen-bond acceptors (Lipinski definition) is 4. The first-order valence-electron chi connectivity index (χ1n) is 8.53. The van der Waals surface area contributed by atoms with Crippen LogP contribution in [0.2, 0.25) is 0 Å². The average molecular weight is 370 g/mol. The van der Waals surface area contributed by atoms with E-state index in [0.717, 1.165) is 21.7 Å². The zero-order valence-electron chi connectivity index (χ0n) is 14.9. The molecular formula is C19H22N4O2S. The molecule has 0 fully saturated rings. The smallest absolute Gasteiger partial charge is 0.222 e. The number of fused-ring (bicyclic) bond motifs is 1. The summed E-state index contributed by atoms with van der Waals surface area (Å²) >= 11 is 1.53. The number of para-hydroxylation sites is 2. The van der Waals surface area contributed by atoms with E-state index in [1.165, 1.54) is 18.3 Å². The van der Waals surface area contributed by atoms with Crippen LogP contribution < -0.4 is 10.6 Å². The molecule has 26 heavy (non-hydrogen) atoms. The first-order valence-corrected chi connectivity index (χ1v) is 9.41. The fourth-order valence-corrected chi connectivity index (χ4v) is 3.78. The van der Waals surface area contributed by atoms with Crippen molar-refractivity contribution in [1.82, 2.24) is 20.2 Å². The minimum Gasteiger partial charge on any atom is -0.354 e. The minimum absolute atomic E-state index is 0.0841. The number of benzene rings is 1. The molecule has 3 rings (SSSR count). The van der Waals surface area contributed by atoms with E-state index in [2.05, 4.69) is 20.2 Å². The van der Waals surface area contributed by atoms with Gasteiger partial charge in [-0.2, -0.15) is 0 Å².